The Morgan fingerprint density at radius 1 is 1.05 bits per heavy atom. The molecule has 1 N–H and O–H groups in total. The standard InChI is InChI=1S/C17H30N2O/c1-8-12(20)14-15(17(6,7)10-3)18-11-13(19-14)16(4,5)9-2/h11-12,20H,8-10H2,1-7H3. The van der Waals surface area contributed by atoms with Crippen LogP contribution in [-0.4, -0.2) is 15.1 Å². The first-order valence-corrected chi connectivity index (χ1v) is 7.75. The molecule has 0 bridgehead atoms. The Morgan fingerprint density at radius 3 is 2.05 bits per heavy atom. The normalized spacial score (nSPS) is 14.4. The third-order valence-electron chi connectivity index (χ3n) is 4.60. The van der Waals surface area contributed by atoms with E-state index < -0.39 is 6.10 Å². The molecular formula is C17H30N2O. The van der Waals surface area contributed by atoms with Gasteiger partial charge in [-0.05, 0) is 19.3 Å². The van der Waals surface area contributed by atoms with Crippen LogP contribution in [0.3, 0.4) is 0 Å². The molecule has 0 aliphatic rings. The lowest BCUT2D eigenvalue weighted by atomic mass is 9.82. The predicted molar refractivity (Wildman–Crippen MR) is 83.9 cm³/mol. The molecule has 1 aromatic heterocycles. The Balaban J connectivity index is 3.42. The third kappa shape index (κ3) is 3.38. The first-order chi connectivity index (χ1) is 9.19. The molecule has 20 heavy (non-hydrogen) atoms. The van der Waals surface area contributed by atoms with Crippen molar-refractivity contribution in [3.8, 4) is 0 Å². The van der Waals surface area contributed by atoms with Gasteiger partial charge in [-0.3, -0.25) is 9.97 Å². The minimum Gasteiger partial charge on any atom is -0.387 e. The van der Waals surface area contributed by atoms with E-state index in [1.54, 1.807) is 0 Å². The van der Waals surface area contributed by atoms with Crippen LogP contribution in [0, 0.1) is 0 Å². The quantitative estimate of drug-likeness (QED) is 0.844. The van der Waals surface area contributed by atoms with Crippen LogP contribution in [0.2, 0.25) is 0 Å². The number of nitrogens with zero attached hydrogens (tertiary/aromatic N) is 2. The van der Waals surface area contributed by atoms with Crippen molar-refractivity contribution in [2.24, 2.45) is 0 Å². The van der Waals surface area contributed by atoms with Crippen molar-refractivity contribution in [3.05, 3.63) is 23.3 Å². The van der Waals surface area contributed by atoms with E-state index in [0.717, 1.165) is 29.9 Å². The van der Waals surface area contributed by atoms with Gasteiger partial charge in [0.05, 0.1) is 23.2 Å². The van der Waals surface area contributed by atoms with Crippen LogP contribution in [0.15, 0.2) is 6.20 Å². The lowest BCUT2D eigenvalue weighted by molar-refractivity contribution is 0.164. The summed E-state index contributed by atoms with van der Waals surface area (Å²) in [5.74, 6) is 0. The van der Waals surface area contributed by atoms with Crippen molar-refractivity contribution in [3.63, 3.8) is 0 Å². The van der Waals surface area contributed by atoms with E-state index in [1.807, 2.05) is 13.1 Å². The van der Waals surface area contributed by atoms with Gasteiger partial charge in [0.1, 0.15) is 0 Å². The van der Waals surface area contributed by atoms with Crippen molar-refractivity contribution in [2.45, 2.75) is 84.7 Å². The molecule has 0 amide bonds. The van der Waals surface area contributed by atoms with Crippen molar-refractivity contribution in [1.29, 1.82) is 0 Å². The smallest absolute Gasteiger partial charge is 0.0976 e. The summed E-state index contributed by atoms with van der Waals surface area (Å²) < 4.78 is 0. The highest BCUT2D eigenvalue weighted by atomic mass is 16.3. The second-order valence-corrected chi connectivity index (χ2v) is 6.89. The monoisotopic (exact) mass is 278 g/mol. The van der Waals surface area contributed by atoms with Gasteiger partial charge in [-0.15, -0.1) is 0 Å². The number of rotatable bonds is 6. The topological polar surface area (TPSA) is 46.0 Å². The minimum absolute atomic E-state index is 0.00982. The van der Waals surface area contributed by atoms with Gasteiger partial charge in [0.25, 0.3) is 0 Å². The summed E-state index contributed by atoms with van der Waals surface area (Å²) in [6.45, 7) is 14.9. The Kier molecular flexibility index (Phi) is 5.31. The summed E-state index contributed by atoms with van der Waals surface area (Å²) in [6.07, 6.45) is 4.00. The zero-order chi connectivity index (χ0) is 15.6. The average Bonchev–Trinajstić information content (AvgIpc) is 2.45. The summed E-state index contributed by atoms with van der Waals surface area (Å²) in [5.41, 5.74) is 2.60. The van der Waals surface area contributed by atoms with Crippen LogP contribution in [0.4, 0.5) is 0 Å². The molecular weight excluding hydrogens is 248 g/mol. The van der Waals surface area contributed by atoms with Gasteiger partial charge in [-0.1, -0.05) is 48.5 Å². The molecule has 0 aliphatic heterocycles. The van der Waals surface area contributed by atoms with Crippen molar-refractivity contribution in [2.75, 3.05) is 0 Å². The fourth-order valence-electron chi connectivity index (χ4n) is 2.03. The van der Waals surface area contributed by atoms with E-state index in [0.29, 0.717) is 6.42 Å². The minimum atomic E-state index is -0.532. The van der Waals surface area contributed by atoms with Gasteiger partial charge in [0.15, 0.2) is 0 Å². The van der Waals surface area contributed by atoms with E-state index in [2.05, 4.69) is 46.5 Å². The lowest BCUT2D eigenvalue weighted by Gasteiger charge is -2.29. The van der Waals surface area contributed by atoms with Gasteiger partial charge >= 0.3 is 0 Å². The summed E-state index contributed by atoms with van der Waals surface area (Å²) >= 11 is 0. The first-order valence-electron chi connectivity index (χ1n) is 7.75. The SMILES string of the molecule is CCC(O)c1nc(C(C)(C)CC)cnc1C(C)(C)CC. The Hall–Kier alpha value is -0.960. The van der Waals surface area contributed by atoms with Gasteiger partial charge in [-0.2, -0.15) is 0 Å². The Bertz CT molecular complexity index is 452. The van der Waals surface area contributed by atoms with Gasteiger partial charge in [0, 0.05) is 17.0 Å². The number of aliphatic hydroxyl groups excluding tert-OH is 1. The zero-order valence-electron chi connectivity index (χ0n) is 14.1. The third-order valence-corrected chi connectivity index (χ3v) is 4.60. The fraction of sp³-hybridized carbons (Fsp3) is 0.765. The number of hydrogen-bond donors (Lipinski definition) is 1. The average molecular weight is 278 g/mol. The molecule has 114 valence electrons. The lowest BCUT2D eigenvalue weighted by Crippen LogP contribution is -2.26. The summed E-state index contributed by atoms with van der Waals surface area (Å²) in [4.78, 5) is 9.47. The number of hydrogen-bond acceptors (Lipinski definition) is 3. The molecule has 0 fully saturated rings. The Morgan fingerprint density at radius 2 is 1.60 bits per heavy atom. The van der Waals surface area contributed by atoms with Crippen molar-refractivity contribution < 1.29 is 5.11 Å². The molecule has 3 heteroatoms. The molecule has 3 nitrogen and oxygen atoms in total. The molecule has 1 unspecified atom stereocenters. The maximum atomic E-state index is 10.3. The van der Waals surface area contributed by atoms with Crippen LogP contribution >= 0.6 is 0 Å². The molecule has 1 atom stereocenters. The molecule has 0 aromatic carbocycles. The zero-order valence-corrected chi connectivity index (χ0v) is 14.1. The molecule has 0 radical (unpaired) electrons. The number of aliphatic hydroxyl groups is 1. The highest BCUT2D eigenvalue weighted by molar-refractivity contribution is 5.26. The van der Waals surface area contributed by atoms with Crippen LogP contribution in [0.25, 0.3) is 0 Å². The van der Waals surface area contributed by atoms with Crippen molar-refractivity contribution in [1.82, 2.24) is 9.97 Å². The molecule has 1 aromatic rings. The fourth-order valence-corrected chi connectivity index (χ4v) is 2.03. The molecule has 0 spiro atoms. The predicted octanol–water partition coefficient (Wildman–Crippen LogP) is 4.30. The van der Waals surface area contributed by atoms with E-state index in [4.69, 9.17) is 4.98 Å². The van der Waals surface area contributed by atoms with Crippen LogP contribution in [0.5, 0.6) is 0 Å². The summed E-state index contributed by atoms with van der Waals surface area (Å²) in [7, 11) is 0. The van der Waals surface area contributed by atoms with Gasteiger partial charge in [-0.25, -0.2) is 0 Å². The van der Waals surface area contributed by atoms with Crippen LogP contribution in [0.1, 0.15) is 90.9 Å². The van der Waals surface area contributed by atoms with E-state index >= 15 is 0 Å². The highest BCUT2D eigenvalue weighted by Gasteiger charge is 2.29. The summed E-state index contributed by atoms with van der Waals surface area (Å²) in [6, 6.07) is 0. The maximum absolute atomic E-state index is 10.3. The van der Waals surface area contributed by atoms with E-state index in [9.17, 15) is 5.11 Å². The van der Waals surface area contributed by atoms with Gasteiger partial charge in [0.2, 0.25) is 0 Å². The molecule has 1 heterocycles. The van der Waals surface area contributed by atoms with Crippen molar-refractivity contribution >= 4 is 0 Å². The largest absolute Gasteiger partial charge is 0.387 e. The maximum Gasteiger partial charge on any atom is 0.0976 e. The second kappa shape index (κ2) is 6.21. The molecule has 0 aliphatic carbocycles. The highest BCUT2D eigenvalue weighted by Crippen LogP contribution is 2.33. The second-order valence-electron chi connectivity index (χ2n) is 6.89. The van der Waals surface area contributed by atoms with Crippen LogP contribution in [-0.2, 0) is 10.8 Å². The van der Waals surface area contributed by atoms with Gasteiger partial charge < -0.3 is 5.11 Å². The van der Waals surface area contributed by atoms with E-state index in [-0.39, 0.29) is 10.8 Å². The molecule has 1 rings (SSSR count). The first kappa shape index (κ1) is 17.1. The Labute approximate surface area is 123 Å². The summed E-state index contributed by atoms with van der Waals surface area (Å²) in [5, 5.41) is 10.3. The molecule has 0 saturated heterocycles. The van der Waals surface area contributed by atoms with E-state index in [1.165, 1.54) is 0 Å². The molecule has 0 saturated carbocycles. The number of aromatic nitrogens is 2. The van der Waals surface area contributed by atoms with Crippen LogP contribution < -0.4 is 0 Å².